The molecule has 0 unspecified atom stereocenters. The van der Waals surface area contributed by atoms with Crippen LogP contribution in [0.25, 0.3) is 0 Å². The molecule has 7 nitrogen and oxygen atoms in total. The first-order chi connectivity index (χ1) is 11.0. The summed E-state index contributed by atoms with van der Waals surface area (Å²) in [5.74, 6) is 0.658. The summed E-state index contributed by atoms with van der Waals surface area (Å²) in [7, 11) is -2.04. The molecule has 0 aromatic carbocycles. The first-order valence-electron chi connectivity index (χ1n) is 6.77. The molecule has 0 aliphatic carbocycles. The minimum Gasteiger partial charge on any atom is -0.480 e. The van der Waals surface area contributed by atoms with Gasteiger partial charge in [-0.15, -0.1) is 11.3 Å². The molecule has 124 valence electrons. The summed E-state index contributed by atoms with van der Waals surface area (Å²) in [4.78, 5) is 8.07. The fraction of sp³-hybridized carbons (Fsp3) is 0.385. The van der Waals surface area contributed by atoms with Crippen molar-refractivity contribution >= 4 is 33.0 Å². The molecule has 0 N–H and O–H groups in total. The van der Waals surface area contributed by atoms with Crippen LogP contribution >= 0.6 is 22.9 Å². The topological polar surface area (TPSA) is 81.6 Å². The average Bonchev–Trinajstić information content (AvgIpc) is 3.17. The first kappa shape index (κ1) is 16.4. The number of thiophene rings is 1. The van der Waals surface area contributed by atoms with E-state index in [1.807, 2.05) is 0 Å². The van der Waals surface area contributed by atoms with Gasteiger partial charge in [0.25, 0.3) is 10.0 Å². The fourth-order valence-electron chi connectivity index (χ4n) is 2.23. The maximum atomic E-state index is 12.5. The lowest BCUT2D eigenvalue weighted by molar-refractivity contribution is 0.203. The monoisotopic (exact) mass is 375 g/mol. The molecule has 23 heavy (non-hydrogen) atoms. The number of halogens is 1. The van der Waals surface area contributed by atoms with Gasteiger partial charge >= 0.3 is 0 Å². The Bertz CT molecular complexity index is 796. The van der Waals surface area contributed by atoms with Crippen molar-refractivity contribution in [2.75, 3.05) is 20.2 Å². The Balaban J connectivity index is 1.68. The SMILES string of the molecule is COc1cncc(O[C@@H]2CCN(S(=O)(=O)c3ccc(Cl)s3)C2)n1. The smallest absolute Gasteiger partial charge is 0.252 e. The van der Waals surface area contributed by atoms with E-state index in [9.17, 15) is 8.42 Å². The van der Waals surface area contributed by atoms with Crippen LogP contribution in [0.5, 0.6) is 11.8 Å². The standard InChI is InChI=1S/C13H14ClN3O4S2/c1-20-11-6-15-7-12(16-11)21-9-4-5-17(8-9)23(18,19)13-3-2-10(14)22-13/h2-3,6-7,9H,4-5,8H2,1H3/t9-/m1/s1. The van der Waals surface area contributed by atoms with Crippen molar-refractivity contribution in [3.8, 4) is 11.8 Å². The number of methoxy groups -OCH3 is 1. The normalized spacial score (nSPS) is 19.0. The third-order valence-corrected chi connectivity index (χ3v) is 6.90. The molecule has 2 aromatic rings. The van der Waals surface area contributed by atoms with Crippen molar-refractivity contribution in [2.45, 2.75) is 16.7 Å². The molecule has 0 amide bonds. The molecule has 1 atom stereocenters. The average molecular weight is 376 g/mol. The molecule has 0 spiro atoms. The molecule has 0 radical (unpaired) electrons. The maximum Gasteiger partial charge on any atom is 0.252 e. The Kier molecular flexibility index (Phi) is 4.72. The number of ether oxygens (including phenoxy) is 2. The van der Waals surface area contributed by atoms with Crippen LogP contribution in [0.3, 0.4) is 0 Å². The molecule has 2 aromatic heterocycles. The van der Waals surface area contributed by atoms with Gasteiger partial charge in [0, 0.05) is 6.54 Å². The van der Waals surface area contributed by atoms with E-state index in [-0.39, 0.29) is 16.9 Å². The lowest BCUT2D eigenvalue weighted by Crippen LogP contribution is -2.30. The lowest BCUT2D eigenvalue weighted by atomic mass is 10.3. The number of sulfonamides is 1. The van der Waals surface area contributed by atoms with Crippen LogP contribution in [0.1, 0.15) is 6.42 Å². The van der Waals surface area contributed by atoms with Gasteiger partial charge in [0.2, 0.25) is 11.8 Å². The zero-order chi connectivity index (χ0) is 16.4. The van der Waals surface area contributed by atoms with E-state index in [0.717, 1.165) is 11.3 Å². The number of hydrogen-bond donors (Lipinski definition) is 0. The van der Waals surface area contributed by atoms with Gasteiger partial charge in [0.1, 0.15) is 10.3 Å². The van der Waals surface area contributed by atoms with Crippen molar-refractivity contribution in [3.63, 3.8) is 0 Å². The first-order valence-corrected chi connectivity index (χ1v) is 9.40. The minimum atomic E-state index is -3.53. The van der Waals surface area contributed by atoms with E-state index in [4.69, 9.17) is 21.1 Å². The Morgan fingerprint density at radius 2 is 2.13 bits per heavy atom. The van der Waals surface area contributed by atoms with E-state index in [1.165, 1.54) is 29.9 Å². The van der Waals surface area contributed by atoms with Crippen molar-refractivity contribution < 1.29 is 17.9 Å². The van der Waals surface area contributed by atoms with Crippen LogP contribution in [-0.2, 0) is 10.0 Å². The third kappa shape index (κ3) is 3.57. The summed E-state index contributed by atoms with van der Waals surface area (Å²) < 4.78 is 37.8. The maximum absolute atomic E-state index is 12.5. The molecular formula is C13H14ClN3O4S2. The highest BCUT2D eigenvalue weighted by molar-refractivity contribution is 7.91. The van der Waals surface area contributed by atoms with Crippen molar-refractivity contribution in [3.05, 3.63) is 28.9 Å². The number of nitrogens with zero attached hydrogens (tertiary/aromatic N) is 3. The molecular weight excluding hydrogens is 362 g/mol. The highest BCUT2D eigenvalue weighted by Crippen LogP contribution is 2.30. The van der Waals surface area contributed by atoms with Gasteiger partial charge in [0.05, 0.1) is 30.4 Å². The number of rotatable bonds is 5. The van der Waals surface area contributed by atoms with Crippen molar-refractivity contribution in [2.24, 2.45) is 0 Å². The van der Waals surface area contributed by atoms with E-state index >= 15 is 0 Å². The summed E-state index contributed by atoms with van der Waals surface area (Å²) >= 11 is 6.87. The summed E-state index contributed by atoms with van der Waals surface area (Å²) in [5.41, 5.74) is 0. The molecule has 1 aliphatic rings. The van der Waals surface area contributed by atoms with Gasteiger partial charge in [-0.25, -0.2) is 8.42 Å². The zero-order valence-corrected chi connectivity index (χ0v) is 14.6. The van der Waals surface area contributed by atoms with Crippen LogP contribution in [0.4, 0.5) is 0 Å². The van der Waals surface area contributed by atoms with E-state index < -0.39 is 10.0 Å². The Morgan fingerprint density at radius 1 is 1.35 bits per heavy atom. The van der Waals surface area contributed by atoms with E-state index in [1.54, 1.807) is 6.07 Å². The zero-order valence-electron chi connectivity index (χ0n) is 12.2. The Morgan fingerprint density at radius 3 is 2.83 bits per heavy atom. The summed E-state index contributed by atoms with van der Waals surface area (Å²) in [5, 5.41) is 0. The third-order valence-electron chi connectivity index (χ3n) is 3.34. The molecule has 1 fully saturated rings. The molecule has 0 bridgehead atoms. The second-order valence-corrected chi connectivity index (χ2v) is 8.73. The molecule has 0 saturated carbocycles. The minimum absolute atomic E-state index is 0.240. The Labute approximate surface area is 142 Å². The van der Waals surface area contributed by atoms with Gasteiger partial charge in [-0.1, -0.05) is 11.6 Å². The Hall–Kier alpha value is -1.42. The molecule has 3 rings (SSSR count). The van der Waals surface area contributed by atoms with Gasteiger partial charge in [-0.2, -0.15) is 9.29 Å². The predicted octanol–water partition coefficient (Wildman–Crippen LogP) is 2.04. The van der Waals surface area contributed by atoms with Crippen molar-refractivity contribution in [1.29, 1.82) is 0 Å². The van der Waals surface area contributed by atoms with Crippen molar-refractivity contribution in [1.82, 2.24) is 14.3 Å². The van der Waals surface area contributed by atoms with Crippen LogP contribution < -0.4 is 9.47 Å². The van der Waals surface area contributed by atoms with Crippen LogP contribution in [-0.4, -0.2) is 49.0 Å². The molecule has 10 heteroatoms. The van der Waals surface area contributed by atoms with Crippen LogP contribution in [0.2, 0.25) is 4.34 Å². The molecule has 1 saturated heterocycles. The highest BCUT2D eigenvalue weighted by Gasteiger charge is 2.34. The lowest BCUT2D eigenvalue weighted by Gasteiger charge is -2.16. The fourth-order valence-corrected chi connectivity index (χ4v) is 5.36. The summed E-state index contributed by atoms with van der Waals surface area (Å²) in [6.07, 6.45) is 3.25. The van der Waals surface area contributed by atoms with Crippen LogP contribution in [0.15, 0.2) is 28.7 Å². The van der Waals surface area contributed by atoms with E-state index in [2.05, 4.69) is 9.97 Å². The number of aromatic nitrogens is 2. The van der Waals surface area contributed by atoms with Gasteiger partial charge < -0.3 is 9.47 Å². The molecule has 1 aliphatic heterocycles. The largest absolute Gasteiger partial charge is 0.480 e. The highest BCUT2D eigenvalue weighted by atomic mass is 35.5. The second-order valence-electron chi connectivity index (χ2n) is 4.85. The number of hydrogen-bond acceptors (Lipinski definition) is 7. The van der Waals surface area contributed by atoms with Gasteiger partial charge in [0.15, 0.2) is 0 Å². The predicted molar refractivity (Wildman–Crippen MR) is 85.7 cm³/mol. The van der Waals surface area contributed by atoms with Gasteiger partial charge in [-0.05, 0) is 18.6 Å². The van der Waals surface area contributed by atoms with Gasteiger partial charge in [-0.3, -0.25) is 4.98 Å². The summed E-state index contributed by atoms with van der Waals surface area (Å²) in [6.45, 7) is 0.649. The quantitative estimate of drug-likeness (QED) is 0.795. The summed E-state index contributed by atoms with van der Waals surface area (Å²) in [6, 6.07) is 3.10. The van der Waals surface area contributed by atoms with Crippen LogP contribution in [0, 0.1) is 0 Å². The molecule has 3 heterocycles. The van der Waals surface area contributed by atoms with E-state index in [0.29, 0.717) is 29.1 Å². The second kappa shape index (κ2) is 6.60.